The lowest BCUT2D eigenvalue weighted by Gasteiger charge is -2.26. The normalized spacial score (nSPS) is 14.9. The van der Waals surface area contributed by atoms with Crippen LogP contribution in [-0.2, 0) is 19.6 Å². The molecule has 0 saturated carbocycles. The van der Waals surface area contributed by atoms with E-state index >= 15 is 0 Å². The van der Waals surface area contributed by atoms with Crippen LogP contribution in [0.15, 0.2) is 39.9 Å². The molecule has 29 heavy (non-hydrogen) atoms. The zero-order chi connectivity index (χ0) is 20.9. The summed E-state index contributed by atoms with van der Waals surface area (Å²) in [5, 5.41) is 8.56. The van der Waals surface area contributed by atoms with Gasteiger partial charge in [0.05, 0.1) is 26.9 Å². The maximum absolute atomic E-state index is 13.0. The number of amides is 2. The fourth-order valence-electron chi connectivity index (χ4n) is 2.74. The van der Waals surface area contributed by atoms with Gasteiger partial charge in [0.25, 0.3) is 5.91 Å². The molecule has 3 rings (SSSR count). The molecule has 0 atom stereocenters. The molecule has 0 aliphatic carbocycles. The van der Waals surface area contributed by atoms with E-state index in [-0.39, 0.29) is 41.9 Å². The van der Waals surface area contributed by atoms with Crippen molar-refractivity contribution in [2.24, 2.45) is 0 Å². The molecule has 0 spiro atoms. The minimum atomic E-state index is -3.81. The highest BCUT2D eigenvalue weighted by Gasteiger charge is 2.29. The van der Waals surface area contributed by atoms with Crippen LogP contribution in [0, 0.1) is 0 Å². The number of hydrogen-bond donors (Lipinski definition) is 2. The van der Waals surface area contributed by atoms with E-state index in [2.05, 4.69) is 10.6 Å². The molecule has 1 fully saturated rings. The summed E-state index contributed by atoms with van der Waals surface area (Å²) < 4.78 is 37.7. The van der Waals surface area contributed by atoms with Crippen molar-refractivity contribution in [2.75, 3.05) is 45.3 Å². The first-order chi connectivity index (χ1) is 13.9. The zero-order valence-electron chi connectivity index (χ0n) is 15.7. The number of nitrogens with one attached hydrogen (secondary N) is 2. The maximum atomic E-state index is 13.0. The summed E-state index contributed by atoms with van der Waals surface area (Å²) in [6, 6.07) is 6.02. The molecule has 2 N–H and O–H groups in total. The van der Waals surface area contributed by atoms with Crippen molar-refractivity contribution in [3.05, 3.63) is 40.6 Å². The summed E-state index contributed by atoms with van der Waals surface area (Å²) in [7, 11) is -2.43. The Labute approximate surface area is 172 Å². The lowest BCUT2D eigenvalue weighted by atomic mass is 10.3. The Hall–Kier alpha value is -2.47. The van der Waals surface area contributed by atoms with E-state index in [1.807, 2.05) is 0 Å². The third kappa shape index (κ3) is 5.12. The topological polar surface area (TPSA) is 114 Å². The SMILES string of the molecule is COc1ccc(NC(=O)CNC(=O)c2ccsc2)cc1S(=O)(=O)N1CCOCC1. The smallest absolute Gasteiger partial charge is 0.252 e. The largest absolute Gasteiger partial charge is 0.495 e. The number of rotatable bonds is 7. The highest BCUT2D eigenvalue weighted by atomic mass is 32.2. The monoisotopic (exact) mass is 439 g/mol. The number of hydrogen-bond acceptors (Lipinski definition) is 7. The molecule has 1 aliphatic rings. The third-order valence-electron chi connectivity index (χ3n) is 4.23. The molecule has 1 aromatic carbocycles. The zero-order valence-corrected chi connectivity index (χ0v) is 17.3. The molecule has 0 radical (unpaired) electrons. The Morgan fingerprint density at radius 2 is 2.00 bits per heavy atom. The van der Waals surface area contributed by atoms with Gasteiger partial charge in [-0.15, -0.1) is 0 Å². The van der Waals surface area contributed by atoms with E-state index in [0.29, 0.717) is 18.8 Å². The van der Waals surface area contributed by atoms with Crippen molar-refractivity contribution < 1.29 is 27.5 Å². The van der Waals surface area contributed by atoms with Gasteiger partial charge in [0, 0.05) is 29.7 Å². The van der Waals surface area contributed by atoms with Crippen LogP contribution < -0.4 is 15.4 Å². The molecular formula is C18H21N3O6S2. The number of nitrogens with zero attached hydrogens (tertiary/aromatic N) is 1. The molecule has 1 aromatic heterocycles. The van der Waals surface area contributed by atoms with Crippen molar-refractivity contribution in [1.82, 2.24) is 9.62 Å². The second kappa shape index (κ2) is 9.35. The van der Waals surface area contributed by atoms with Gasteiger partial charge < -0.3 is 20.1 Å². The van der Waals surface area contributed by atoms with Crippen LogP contribution in [0.2, 0.25) is 0 Å². The van der Waals surface area contributed by atoms with Gasteiger partial charge in [-0.05, 0) is 29.6 Å². The Morgan fingerprint density at radius 3 is 2.66 bits per heavy atom. The number of methoxy groups -OCH3 is 1. The molecule has 11 heteroatoms. The lowest BCUT2D eigenvalue weighted by Crippen LogP contribution is -2.40. The maximum Gasteiger partial charge on any atom is 0.252 e. The average Bonchev–Trinajstić information content (AvgIpc) is 3.27. The van der Waals surface area contributed by atoms with Gasteiger partial charge in [0.2, 0.25) is 15.9 Å². The van der Waals surface area contributed by atoms with Crippen LogP contribution in [0.1, 0.15) is 10.4 Å². The number of sulfonamides is 1. The summed E-state index contributed by atoms with van der Waals surface area (Å²) in [5.74, 6) is -0.652. The van der Waals surface area contributed by atoms with Gasteiger partial charge in [0.1, 0.15) is 10.6 Å². The number of anilines is 1. The summed E-state index contributed by atoms with van der Waals surface area (Å²) in [6.45, 7) is 0.892. The predicted molar refractivity (Wildman–Crippen MR) is 108 cm³/mol. The first-order valence-corrected chi connectivity index (χ1v) is 11.2. The first kappa shape index (κ1) is 21.2. The summed E-state index contributed by atoms with van der Waals surface area (Å²) >= 11 is 1.38. The van der Waals surface area contributed by atoms with E-state index in [0.717, 1.165) is 0 Å². The van der Waals surface area contributed by atoms with Gasteiger partial charge in [-0.25, -0.2) is 8.42 Å². The van der Waals surface area contributed by atoms with E-state index in [1.54, 1.807) is 16.8 Å². The molecule has 9 nitrogen and oxygen atoms in total. The highest BCUT2D eigenvalue weighted by molar-refractivity contribution is 7.89. The molecule has 0 bridgehead atoms. The van der Waals surface area contributed by atoms with Crippen LogP contribution in [0.4, 0.5) is 5.69 Å². The number of benzene rings is 1. The Balaban J connectivity index is 1.71. The van der Waals surface area contributed by atoms with Crippen molar-refractivity contribution >= 4 is 38.9 Å². The standard InChI is InChI=1S/C18H21N3O6S2/c1-26-15-3-2-14(10-16(15)29(24,25)21-5-7-27-8-6-21)20-17(22)11-19-18(23)13-4-9-28-12-13/h2-4,9-10,12H,5-8,11H2,1H3,(H,19,23)(H,20,22). The summed E-state index contributed by atoms with van der Waals surface area (Å²) in [6.07, 6.45) is 0. The number of thiophene rings is 1. The van der Waals surface area contributed by atoms with Crippen LogP contribution in [0.3, 0.4) is 0 Å². The minimum Gasteiger partial charge on any atom is -0.495 e. The summed E-state index contributed by atoms with van der Waals surface area (Å²) in [5.41, 5.74) is 0.763. The molecule has 156 valence electrons. The molecule has 2 aromatic rings. The molecule has 1 saturated heterocycles. The number of morpholine rings is 1. The van der Waals surface area contributed by atoms with Crippen LogP contribution >= 0.6 is 11.3 Å². The molecule has 2 amide bonds. The fraction of sp³-hybridized carbons (Fsp3) is 0.333. The van der Waals surface area contributed by atoms with Gasteiger partial charge in [0.15, 0.2) is 0 Å². The van der Waals surface area contributed by atoms with E-state index in [9.17, 15) is 18.0 Å². The Morgan fingerprint density at radius 1 is 1.24 bits per heavy atom. The van der Waals surface area contributed by atoms with Gasteiger partial charge in [-0.2, -0.15) is 15.6 Å². The second-order valence-electron chi connectivity index (χ2n) is 6.12. The van der Waals surface area contributed by atoms with Crippen molar-refractivity contribution in [1.29, 1.82) is 0 Å². The second-order valence-corrected chi connectivity index (χ2v) is 8.81. The van der Waals surface area contributed by atoms with Crippen molar-refractivity contribution in [2.45, 2.75) is 4.90 Å². The van der Waals surface area contributed by atoms with Gasteiger partial charge in [-0.3, -0.25) is 9.59 Å². The fourth-order valence-corrected chi connectivity index (χ4v) is 4.97. The number of carbonyl (C=O) groups is 2. The molecule has 1 aliphatic heterocycles. The quantitative estimate of drug-likeness (QED) is 0.669. The van der Waals surface area contributed by atoms with Gasteiger partial charge >= 0.3 is 0 Å². The van der Waals surface area contributed by atoms with Crippen LogP contribution in [0.5, 0.6) is 5.75 Å². The molecular weight excluding hydrogens is 418 g/mol. The van der Waals surface area contributed by atoms with E-state index < -0.39 is 15.9 Å². The van der Waals surface area contributed by atoms with E-state index in [4.69, 9.17) is 9.47 Å². The van der Waals surface area contributed by atoms with Gasteiger partial charge in [-0.1, -0.05) is 0 Å². The Kier molecular flexibility index (Phi) is 6.85. The molecule has 0 unspecified atom stereocenters. The first-order valence-electron chi connectivity index (χ1n) is 8.78. The lowest BCUT2D eigenvalue weighted by molar-refractivity contribution is -0.115. The van der Waals surface area contributed by atoms with Crippen LogP contribution in [0.25, 0.3) is 0 Å². The number of ether oxygens (including phenoxy) is 2. The van der Waals surface area contributed by atoms with Crippen molar-refractivity contribution in [3.63, 3.8) is 0 Å². The average molecular weight is 440 g/mol. The predicted octanol–water partition coefficient (Wildman–Crippen LogP) is 1.15. The molecule has 2 heterocycles. The van der Waals surface area contributed by atoms with Crippen molar-refractivity contribution in [3.8, 4) is 5.75 Å². The van der Waals surface area contributed by atoms with Crippen LogP contribution in [-0.4, -0.2) is 64.5 Å². The highest BCUT2D eigenvalue weighted by Crippen LogP contribution is 2.30. The summed E-state index contributed by atoms with van der Waals surface area (Å²) in [4.78, 5) is 24.0. The Bertz CT molecular complexity index is 969. The van der Waals surface area contributed by atoms with E-state index in [1.165, 1.54) is 41.0 Å². The number of carbonyl (C=O) groups excluding carboxylic acids is 2. The third-order valence-corrected chi connectivity index (χ3v) is 6.83. The minimum absolute atomic E-state index is 0.0398.